The van der Waals surface area contributed by atoms with E-state index in [1.165, 1.54) is 0 Å². The van der Waals surface area contributed by atoms with E-state index in [0.29, 0.717) is 24.6 Å². The number of amides is 1. The van der Waals surface area contributed by atoms with Crippen molar-refractivity contribution < 1.29 is 9.53 Å². The highest BCUT2D eigenvalue weighted by atomic mass is 79.9. The summed E-state index contributed by atoms with van der Waals surface area (Å²) in [6.07, 6.45) is 0.307. The monoisotopic (exact) mass is 324 g/mol. The van der Waals surface area contributed by atoms with Crippen LogP contribution in [0.2, 0.25) is 0 Å². The Hall–Kier alpha value is -1.54. The number of nitrogens with zero attached hydrogens (tertiary/aromatic N) is 1. The van der Waals surface area contributed by atoms with Crippen molar-refractivity contribution in [1.29, 1.82) is 5.26 Å². The molecule has 0 fully saturated rings. The van der Waals surface area contributed by atoms with Crippen molar-refractivity contribution in [2.24, 2.45) is 0 Å². The summed E-state index contributed by atoms with van der Waals surface area (Å²) in [5.41, 5.74) is 1.05. The number of ether oxygens (including phenoxy) is 1. The minimum atomic E-state index is -0.215. The number of carbonyl (C=O) groups excluding carboxylic acids is 1. The molecule has 5 heteroatoms. The van der Waals surface area contributed by atoms with Gasteiger partial charge in [-0.05, 0) is 29.7 Å². The van der Waals surface area contributed by atoms with Gasteiger partial charge in [0, 0.05) is 11.0 Å². The van der Waals surface area contributed by atoms with Gasteiger partial charge in [0.2, 0.25) is 0 Å². The van der Waals surface area contributed by atoms with Crippen molar-refractivity contribution in [3.63, 3.8) is 0 Å². The Morgan fingerprint density at radius 1 is 1.53 bits per heavy atom. The predicted octanol–water partition coefficient (Wildman–Crippen LogP) is 2.98. The zero-order valence-electron chi connectivity index (χ0n) is 11.1. The van der Waals surface area contributed by atoms with Gasteiger partial charge in [-0.25, -0.2) is 0 Å². The van der Waals surface area contributed by atoms with Crippen LogP contribution >= 0.6 is 15.9 Å². The van der Waals surface area contributed by atoms with Gasteiger partial charge >= 0.3 is 0 Å². The zero-order valence-corrected chi connectivity index (χ0v) is 12.7. The van der Waals surface area contributed by atoms with E-state index in [2.05, 4.69) is 35.1 Å². The summed E-state index contributed by atoms with van der Waals surface area (Å²) in [5, 5.41) is 11.0. The number of nitriles is 1. The van der Waals surface area contributed by atoms with Crippen molar-refractivity contribution in [3.8, 4) is 11.8 Å². The third-order valence-electron chi connectivity index (χ3n) is 2.51. The van der Waals surface area contributed by atoms with Gasteiger partial charge in [-0.2, -0.15) is 5.26 Å². The first-order valence-electron chi connectivity index (χ1n) is 6.10. The predicted molar refractivity (Wildman–Crippen MR) is 77.0 cm³/mol. The highest BCUT2D eigenvalue weighted by molar-refractivity contribution is 9.10. The first-order valence-corrected chi connectivity index (χ1v) is 6.89. The van der Waals surface area contributed by atoms with Crippen LogP contribution < -0.4 is 10.1 Å². The van der Waals surface area contributed by atoms with Crippen molar-refractivity contribution in [3.05, 3.63) is 28.2 Å². The summed E-state index contributed by atoms with van der Waals surface area (Å²) in [5.74, 6) is 0.815. The van der Waals surface area contributed by atoms with Gasteiger partial charge in [-0.1, -0.05) is 29.8 Å². The second-order valence-corrected chi connectivity index (χ2v) is 5.30. The van der Waals surface area contributed by atoms with Gasteiger partial charge in [0.15, 0.2) is 6.61 Å². The summed E-state index contributed by atoms with van der Waals surface area (Å²) in [4.78, 5) is 11.5. The molecule has 4 nitrogen and oxygen atoms in total. The average Bonchev–Trinajstić information content (AvgIpc) is 2.37. The number of hydrogen-bond donors (Lipinski definition) is 1. The van der Waals surface area contributed by atoms with E-state index in [0.717, 1.165) is 10.0 Å². The lowest BCUT2D eigenvalue weighted by molar-refractivity contribution is -0.123. The molecule has 0 aliphatic carbocycles. The fourth-order valence-electron chi connectivity index (χ4n) is 1.55. The minimum absolute atomic E-state index is 0.0349. The van der Waals surface area contributed by atoms with E-state index >= 15 is 0 Å². The number of halogens is 1. The van der Waals surface area contributed by atoms with Gasteiger partial charge in [0.1, 0.15) is 5.75 Å². The third-order valence-corrected chi connectivity index (χ3v) is 3.00. The molecular weight excluding hydrogens is 308 g/mol. The second kappa shape index (κ2) is 7.80. The third kappa shape index (κ3) is 5.31. The Labute approximate surface area is 121 Å². The number of hydrogen-bond acceptors (Lipinski definition) is 3. The summed E-state index contributed by atoms with van der Waals surface area (Å²) >= 11 is 3.42. The molecule has 0 heterocycles. The molecule has 0 saturated carbocycles. The molecule has 0 aliphatic heterocycles. The molecule has 1 amide bonds. The number of benzene rings is 1. The van der Waals surface area contributed by atoms with E-state index in [9.17, 15) is 4.79 Å². The molecule has 0 radical (unpaired) electrons. The van der Waals surface area contributed by atoms with Gasteiger partial charge in [-0.15, -0.1) is 0 Å². The number of carbonyl (C=O) groups is 1. The largest absolute Gasteiger partial charge is 0.483 e. The van der Waals surface area contributed by atoms with E-state index in [-0.39, 0.29) is 12.5 Å². The first-order chi connectivity index (χ1) is 9.04. The highest BCUT2D eigenvalue weighted by Gasteiger charge is 2.10. The lowest BCUT2D eigenvalue weighted by atomic mass is 10.0. The fraction of sp³-hybridized carbons (Fsp3) is 0.429. The Morgan fingerprint density at radius 2 is 2.26 bits per heavy atom. The summed E-state index contributed by atoms with van der Waals surface area (Å²) in [7, 11) is 0. The minimum Gasteiger partial charge on any atom is -0.483 e. The fourth-order valence-corrected chi connectivity index (χ4v) is 1.93. The molecular formula is C14H17BrN2O2. The van der Waals surface area contributed by atoms with Crippen molar-refractivity contribution in [1.82, 2.24) is 5.32 Å². The van der Waals surface area contributed by atoms with Crippen LogP contribution in [0.15, 0.2) is 22.7 Å². The first kappa shape index (κ1) is 15.5. The van der Waals surface area contributed by atoms with Gasteiger partial charge < -0.3 is 10.1 Å². The molecule has 19 heavy (non-hydrogen) atoms. The van der Waals surface area contributed by atoms with Crippen molar-refractivity contribution >= 4 is 21.8 Å². The highest BCUT2D eigenvalue weighted by Crippen LogP contribution is 2.29. The molecule has 1 N–H and O–H groups in total. The van der Waals surface area contributed by atoms with E-state index < -0.39 is 0 Å². The van der Waals surface area contributed by atoms with Crippen LogP contribution in [-0.4, -0.2) is 19.1 Å². The Kier molecular flexibility index (Phi) is 6.37. The van der Waals surface area contributed by atoms with Crippen LogP contribution in [0.4, 0.5) is 0 Å². The molecule has 0 atom stereocenters. The van der Waals surface area contributed by atoms with E-state index in [1.807, 2.05) is 24.3 Å². The molecule has 0 spiro atoms. The van der Waals surface area contributed by atoms with E-state index in [1.54, 1.807) is 0 Å². The topological polar surface area (TPSA) is 62.1 Å². The summed E-state index contributed by atoms with van der Waals surface area (Å²) in [6.45, 7) is 4.46. The smallest absolute Gasteiger partial charge is 0.257 e. The Balaban J connectivity index is 2.58. The lowest BCUT2D eigenvalue weighted by Gasteiger charge is -2.14. The SMILES string of the molecule is CC(C)c1cc(Br)ccc1OCC(=O)NCCC#N. The van der Waals surface area contributed by atoms with Crippen LogP contribution in [-0.2, 0) is 4.79 Å². The second-order valence-electron chi connectivity index (χ2n) is 4.38. The summed E-state index contributed by atoms with van der Waals surface area (Å²) < 4.78 is 6.52. The quantitative estimate of drug-likeness (QED) is 0.818. The zero-order chi connectivity index (χ0) is 14.3. The molecule has 102 valence electrons. The molecule has 0 unspecified atom stereocenters. The lowest BCUT2D eigenvalue weighted by Crippen LogP contribution is -2.29. The van der Waals surface area contributed by atoms with Gasteiger partial charge in [0.25, 0.3) is 5.91 Å². The number of rotatable bonds is 6. The maximum Gasteiger partial charge on any atom is 0.257 e. The van der Waals surface area contributed by atoms with Crippen molar-refractivity contribution in [2.75, 3.05) is 13.2 Å². The average molecular weight is 325 g/mol. The molecule has 0 aromatic heterocycles. The molecule has 1 aromatic rings. The molecule has 0 saturated heterocycles. The van der Waals surface area contributed by atoms with Crippen LogP contribution in [0.1, 0.15) is 31.7 Å². The van der Waals surface area contributed by atoms with Gasteiger partial charge in [-0.3, -0.25) is 4.79 Å². The maximum atomic E-state index is 11.5. The molecule has 0 aliphatic rings. The normalized spacial score (nSPS) is 10.1. The van der Waals surface area contributed by atoms with Crippen LogP contribution in [0.25, 0.3) is 0 Å². The van der Waals surface area contributed by atoms with Crippen LogP contribution in [0.3, 0.4) is 0 Å². The number of nitrogens with one attached hydrogen (secondary N) is 1. The molecule has 0 bridgehead atoms. The Morgan fingerprint density at radius 3 is 2.89 bits per heavy atom. The van der Waals surface area contributed by atoms with E-state index in [4.69, 9.17) is 10.00 Å². The van der Waals surface area contributed by atoms with Crippen LogP contribution in [0, 0.1) is 11.3 Å². The standard InChI is InChI=1S/C14H17BrN2O2/c1-10(2)12-8-11(15)4-5-13(12)19-9-14(18)17-7-3-6-16/h4-5,8,10H,3,7,9H2,1-2H3,(H,17,18). The Bertz CT molecular complexity index is 481. The van der Waals surface area contributed by atoms with Crippen LogP contribution in [0.5, 0.6) is 5.75 Å². The van der Waals surface area contributed by atoms with Gasteiger partial charge in [0.05, 0.1) is 12.5 Å². The van der Waals surface area contributed by atoms with Crippen molar-refractivity contribution in [2.45, 2.75) is 26.2 Å². The molecule has 1 rings (SSSR count). The molecule has 1 aromatic carbocycles. The summed E-state index contributed by atoms with van der Waals surface area (Å²) in [6, 6.07) is 7.69. The maximum absolute atomic E-state index is 11.5.